The number of aromatic nitrogens is 2. The molecule has 6 heteroatoms. The Balaban J connectivity index is 2.20. The summed E-state index contributed by atoms with van der Waals surface area (Å²) in [7, 11) is 0. The van der Waals surface area contributed by atoms with Gasteiger partial charge in [-0.25, -0.2) is 4.98 Å². The number of imidazole rings is 1. The summed E-state index contributed by atoms with van der Waals surface area (Å²) in [6.45, 7) is 3.76. The van der Waals surface area contributed by atoms with Gasteiger partial charge in [0.25, 0.3) is 0 Å². The molecule has 6 nitrogen and oxygen atoms in total. The third kappa shape index (κ3) is 4.57. The van der Waals surface area contributed by atoms with Gasteiger partial charge in [-0.2, -0.15) is 0 Å². The molecule has 1 amide bonds. The van der Waals surface area contributed by atoms with E-state index in [4.69, 9.17) is 5.11 Å². The molecular formula is C12H19N3O3. The maximum Gasteiger partial charge on any atom is 0.309 e. The van der Waals surface area contributed by atoms with E-state index in [9.17, 15) is 9.59 Å². The zero-order chi connectivity index (χ0) is 13.6. The molecule has 0 aliphatic heterocycles. The van der Waals surface area contributed by atoms with Crippen molar-refractivity contribution in [2.45, 2.75) is 33.1 Å². The summed E-state index contributed by atoms with van der Waals surface area (Å²) >= 11 is 0. The minimum atomic E-state index is -0.882. The van der Waals surface area contributed by atoms with Crippen molar-refractivity contribution in [3.8, 4) is 0 Å². The number of aliphatic carboxylic acids is 1. The number of amides is 1. The number of H-pyrrole nitrogens is 1. The van der Waals surface area contributed by atoms with Gasteiger partial charge in [-0.15, -0.1) is 0 Å². The van der Waals surface area contributed by atoms with Crippen LogP contribution < -0.4 is 5.32 Å². The van der Waals surface area contributed by atoms with E-state index >= 15 is 0 Å². The molecule has 0 spiro atoms. The lowest BCUT2D eigenvalue weighted by Gasteiger charge is -2.18. The van der Waals surface area contributed by atoms with Gasteiger partial charge in [0.05, 0.1) is 11.7 Å². The fraction of sp³-hybridized carbons (Fsp3) is 0.583. The topological polar surface area (TPSA) is 95.1 Å². The van der Waals surface area contributed by atoms with Gasteiger partial charge >= 0.3 is 5.97 Å². The maximum atomic E-state index is 11.5. The fourth-order valence-electron chi connectivity index (χ4n) is 1.38. The molecule has 1 rings (SSSR count). The minimum Gasteiger partial charge on any atom is -0.481 e. The van der Waals surface area contributed by atoms with Crippen LogP contribution in [0.1, 0.15) is 32.4 Å². The smallest absolute Gasteiger partial charge is 0.309 e. The second kappa shape index (κ2) is 6.18. The number of carboxylic acids is 1. The van der Waals surface area contributed by atoms with Gasteiger partial charge in [-0.05, 0) is 20.3 Å². The first kappa shape index (κ1) is 14.2. The van der Waals surface area contributed by atoms with Crippen molar-refractivity contribution in [2.75, 3.05) is 6.54 Å². The lowest BCUT2D eigenvalue weighted by atomic mass is 9.88. The first-order valence-corrected chi connectivity index (χ1v) is 5.89. The van der Waals surface area contributed by atoms with Crippen LogP contribution in [0.2, 0.25) is 0 Å². The SMILES string of the molecule is CC(C)(CCC(=O)NCCc1cnc[nH]1)C(=O)O. The molecule has 18 heavy (non-hydrogen) atoms. The van der Waals surface area contributed by atoms with Gasteiger partial charge in [0.1, 0.15) is 0 Å². The van der Waals surface area contributed by atoms with E-state index in [1.807, 2.05) is 0 Å². The molecule has 0 saturated carbocycles. The highest BCUT2D eigenvalue weighted by Gasteiger charge is 2.27. The predicted octanol–water partition coefficient (Wildman–Crippen LogP) is 0.959. The molecule has 0 fully saturated rings. The standard InChI is InChI=1S/C12H19N3O3/c1-12(2,11(17)18)5-3-10(16)14-6-4-9-7-13-8-15-9/h7-8H,3-6H2,1-2H3,(H,13,15)(H,14,16)(H,17,18). The number of carbonyl (C=O) groups is 2. The molecule has 0 radical (unpaired) electrons. The molecule has 0 atom stereocenters. The van der Waals surface area contributed by atoms with Gasteiger partial charge < -0.3 is 15.4 Å². The highest BCUT2D eigenvalue weighted by atomic mass is 16.4. The number of carboxylic acid groups (broad SMARTS) is 1. The lowest BCUT2D eigenvalue weighted by molar-refractivity contribution is -0.147. The first-order valence-electron chi connectivity index (χ1n) is 5.89. The van der Waals surface area contributed by atoms with Crippen molar-refractivity contribution >= 4 is 11.9 Å². The van der Waals surface area contributed by atoms with Crippen LogP contribution in [0, 0.1) is 5.41 Å². The van der Waals surface area contributed by atoms with Crippen molar-refractivity contribution in [1.82, 2.24) is 15.3 Å². The molecule has 0 aromatic carbocycles. The van der Waals surface area contributed by atoms with Crippen LogP contribution in [0.15, 0.2) is 12.5 Å². The maximum absolute atomic E-state index is 11.5. The molecule has 1 heterocycles. The van der Waals surface area contributed by atoms with Gasteiger partial charge in [-0.1, -0.05) is 0 Å². The van der Waals surface area contributed by atoms with E-state index in [1.165, 1.54) is 0 Å². The van der Waals surface area contributed by atoms with E-state index < -0.39 is 11.4 Å². The van der Waals surface area contributed by atoms with E-state index in [1.54, 1.807) is 26.4 Å². The van der Waals surface area contributed by atoms with Gasteiger partial charge in [-0.3, -0.25) is 9.59 Å². The van der Waals surface area contributed by atoms with Crippen LogP contribution >= 0.6 is 0 Å². The quantitative estimate of drug-likeness (QED) is 0.674. The average Bonchev–Trinajstić information content (AvgIpc) is 2.79. The number of carbonyl (C=O) groups excluding carboxylic acids is 1. The summed E-state index contributed by atoms with van der Waals surface area (Å²) in [6.07, 6.45) is 4.54. The second-order valence-electron chi connectivity index (χ2n) is 4.87. The Hall–Kier alpha value is -1.85. The van der Waals surface area contributed by atoms with Gasteiger partial charge in [0.2, 0.25) is 5.91 Å². The first-order chi connectivity index (χ1) is 8.42. The molecule has 0 aliphatic carbocycles. The molecule has 1 aromatic heterocycles. The van der Waals surface area contributed by atoms with Crippen LogP contribution in [0.5, 0.6) is 0 Å². The zero-order valence-electron chi connectivity index (χ0n) is 10.7. The number of aromatic amines is 1. The largest absolute Gasteiger partial charge is 0.481 e. The minimum absolute atomic E-state index is 0.121. The Kier molecular flexibility index (Phi) is 4.88. The number of nitrogens with zero attached hydrogens (tertiary/aromatic N) is 1. The second-order valence-corrected chi connectivity index (χ2v) is 4.87. The van der Waals surface area contributed by atoms with Crippen molar-refractivity contribution < 1.29 is 14.7 Å². The molecule has 0 unspecified atom stereocenters. The molecule has 0 bridgehead atoms. The summed E-state index contributed by atoms with van der Waals surface area (Å²) in [6, 6.07) is 0. The van der Waals surface area contributed by atoms with Crippen molar-refractivity contribution in [3.05, 3.63) is 18.2 Å². The lowest BCUT2D eigenvalue weighted by Crippen LogP contribution is -2.29. The van der Waals surface area contributed by atoms with Crippen LogP contribution in [-0.4, -0.2) is 33.5 Å². The molecule has 3 N–H and O–H groups in total. The molecule has 1 aromatic rings. The molecule has 100 valence electrons. The Morgan fingerprint density at radius 1 is 1.50 bits per heavy atom. The van der Waals surface area contributed by atoms with E-state index in [-0.39, 0.29) is 12.3 Å². The predicted molar refractivity (Wildman–Crippen MR) is 66.0 cm³/mol. The Morgan fingerprint density at radius 2 is 2.22 bits per heavy atom. The normalized spacial score (nSPS) is 11.2. The van der Waals surface area contributed by atoms with Crippen molar-refractivity contribution in [3.63, 3.8) is 0 Å². The summed E-state index contributed by atoms with van der Waals surface area (Å²) in [5.41, 5.74) is 0.0990. The van der Waals surface area contributed by atoms with Crippen molar-refractivity contribution in [2.24, 2.45) is 5.41 Å². The Labute approximate surface area is 106 Å². The van der Waals surface area contributed by atoms with Crippen molar-refractivity contribution in [1.29, 1.82) is 0 Å². The average molecular weight is 253 g/mol. The van der Waals surface area contributed by atoms with Gasteiger partial charge in [0.15, 0.2) is 0 Å². The Bertz CT molecular complexity index is 399. The van der Waals surface area contributed by atoms with Crippen LogP contribution in [-0.2, 0) is 16.0 Å². The molecule has 0 saturated heterocycles. The summed E-state index contributed by atoms with van der Waals surface area (Å²) in [5.74, 6) is -1.00. The van der Waals surface area contributed by atoms with Crippen LogP contribution in [0.3, 0.4) is 0 Å². The number of hydrogen-bond acceptors (Lipinski definition) is 3. The van der Waals surface area contributed by atoms with Crippen LogP contribution in [0.4, 0.5) is 0 Å². The molecular weight excluding hydrogens is 234 g/mol. The summed E-state index contributed by atoms with van der Waals surface area (Å²) < 4.78 is 0. The number of rotatable bonds is 7. The van der Waals surface area contributed by atoms with Crippen LogP contribution in [0.25, 0.3) is 0 Å². The fourth-order valence-corrected chi connectivity index (χ4v) is 1.38. The highest BCUT2D eigenvalue weighted by molar-refractivity contribution is 5.78. The zero-order valence-corrected chi connectivity index (χ0v) is 10.7. The third-order valence-electron chi connectivity index (χ3n) is 2.83. The number of nitrogens with one attached hydrogen (secondary N) is 2. The van der Waals surface area contributed by atoms with E-state index in [0.717, 1.165) is 5.69 Å². The third-order valence-corrected chi connectivity index (χ3v) is 2.83. The Morgan fingerprint density at radius 3 is 2.78 bits per heavy atom. The monoisotopic (exact) mass is 253 g/mol. The number of hydrogen-bond donors (Lipinski definition) is 3. The highest BCUT2D eigenvalue weighted by Crippen LogP contribution is 2.22. The van der Waals surface area contributed by atoms with E-state index in [0.29, 0.717) is 19.4 Å². The van der Waals surface area contributed by atoms with Gasteiger partial charge in [0, 0.05) is 31.3 Å². The van der Waals surface area contributed by atoms with E-state index in [2.05, 4.69) is 15.3 Å². The summed E-state index contributed by atoms with van der Waals surface area (Å²) in [5, 5.41) is 11.7. The molecule has 0 aliphatic rings. The summed E-state index contributed by atoms with van der Waals surface area (Å²) in [4.78, 5) is 29.2.